The number of anilines is 2. The van der Waals surface area contributed by atoms with E-state index in [4.69, 9.17) is 11.6 Å². The van der Waals surface area contributed by atoms with Crippen LogP contribution in [0.4, 0.5) is 10.8 Å². The second kappa shape index (κ2) is 8.62. The molecule has 2 aliphatic rings. The molecule has 0 aliphatic carbocycles. The highest BCUT2D eigenvalue weighted by atomic mass is 35.5. The number of aryl methyl sites for hydroxylation is 1. The molecule has 1 aromatic heterocycles. The summed E-state index contributed by atoms with van der Waals surface area (Å²) in [5.74, 6) is -1.79. The lowest BCUT2D eigenvalue weighted by Gasteiger charge is -2.17. The van der Waals surface area contributed by atoms with Crippen LogP contribution in [0, 0.1) is 6.92 Å². The Bertz CT molecular complexity index is 1320. The van der Waals surface area contributed by atoms with Gasteiger partial charge in [0.1, 0.15) is 11.6 Å². The average molecular weight is 496 g/mol. The third-order valence-corrected chi connectivity index (χ3v) is 7.22. The van der Waals surface area contributed by atoms with E-state index in [0.29, 0.717) is 16.6 Å². The van der Waals surface area contributed by atoms with Crippen molar-refractivity contribution in [1.82, 2.24) is 15.1 Å². The number of rotatable bonds is 5. The van der Waals surface area contributed by atoms with Gasteiger partial charge in [-0.05, 0) is 36.8 Å². The summed E-state index contributed by atoms with van der Waals surface area (Å²) < 4.78 is 0. The van der Waals surface area contributed by atoms with Crippen LogP contribution in [-0.4, -0.2) is 51.8 Å². The number of imide groups is 1. The number of carbonyl (C=O) groups excluding carboxylic acids is 4. The fraction of sp³-hybridized carbons (Fsp3) is 0.217. The normalized spacial score (nSPS) is 17.5. The number of carbonyl (C=O) groups is 4. The molecule has 11 heteroatoms. The van der Waals surface area contributed by atoms with Gasteiger partial charge in [-0.1, -0.05) is 41.1 Å². The minimum atomic E-state index is -0.560. The molecular formula is C23H18ClN5O4S. The zero-order valence-electron chi connectivity index (χ0n) is 17.9. The predicted molar refractivity (Wildman–Crippen MR) is 126 cm³/mol. The van der Waals surface area contributed by atoms with Crippen LogP contribution < -0.4 is 10.2 Å². The number of halogens is 1. The van der Waals surface area contributed by atoms with Crippen LogP contribution in [0.25, 0.3) is 0 Å². The van der Waals surface area contributed by atoms with Crippen LogP contribution in [-0.2, 0) is 9.59 Å². The first-order chi connectivity index (χ1) is 16.3. The highest BCUT2D eigenvalue weighted by Crippen LogP contribution is 2.35. The van der Waals surface area contributed by atoms with Crippen molar-refractivity contribution in [3.63, 3.8) is 0 Å². The van der Waals surface area contributed by atoms with Gasteiger partial charge in [0.2, 0.25) is 16.9 Å². The largest absolute Gasteiger partial charge is 0.312 e. The summed E-state index contributed by atoms with van der Waals surface area (Å²) in [4.78, 5) is 52.5. The van der Waals surface area contributed by atoms with Crippen molar-refractivity contribution in [1.29, 1.82) is 0 Å². The average Bonchev–Trinajstić information content (AvgIpc) is 3.50. The van der Waals surface area contributed by atoms with E-state index in [1.165, 1.54) is 0 Å². The number of fused-ring (bicyclic) bond motifs is 1. The van der Waals surface area contributed by atoms with Gasteiger partial charge >= 0.3 is 0 Å². The smallest absolute Gasteiger partial charge is 0.262 e. The Morgan fingerprint density at radius 3 is 2.50 bits per heavy atom. The number of amides is 4. The Kier molecular flexibility index (Phi) is 5.62. The first-order valence-corrected chi connectivity index (χ1v) is 11.7. The third-order valence-electron chi connectivity index (χ3n) is 5.81. The summed E-state index contributed by atoms with van der Waals surface area (Å²) in [5, 5.41) is 12.2. The Balaban J connectivity index is 1.23. The van der Waals surface area contributed by atoms with Crippen molar-refractivity contribution in [3.05, 3.63) is 69.2 Å². The quantitative estimate of drug-likeness (QED) is 0.544. The highest BCUT2D eigenvalue weighted by molar-refractivity contribution is 7.15. The molecule has 1 atom stereocenters. The first-order valence-electron chi connectivity index (χ1n) is 10.5. The van der Waals surface area contributed by atoms with Gasteiger partial charge in [-0.15, -0.1) is 10.2 Å². The van der Waals surface area contributed by atoms with E-state index >= 15 is 0 Å². The summed E-state index contributed by atoms with van der Waals surface area (Å²) in [7, 11) is 0. The van der Waals surface area contributed by atoms with Crippen molar-refractivity contribution in [2.75, 3.05) is 23.3 Å². The zero-order chi connectivity index (χ0) is 24.0. The molecule has 1 fully saturated rings. The second-order valence-electron chi connectivity index (χ2n) is 8.07. The number of hydrogen-bond acceptors (Lipinski definition) is 7. The van der Waals surface area contributed by atoms with Crippen molar-refractivity contribution < 1.29 is 19.2 Å². The lowest BCUT2D eigenvalue weighted by Crippen LogP contribution is -2.37. The monoisotopic (exact) mass is 495 g/mol. The van der Waals surface area contributed by atoms with E-state index in [1.807, 2.05) is 19.1 Å². The molecule has 0 unspecified atom stereocenters. The minimum absolute atomic E-state index is 0.0451. The van der Waals surface area contributed by atoms with Gasteiger partial charge in [0.05, 0.1) is 11.1 Å². The van der Waals surface area contributed by atoms with Gasteiger partial charge in [-0.2, -0.15) is 0 Å². The lowest BCUT2D eigenvalue weighted by atomic mass is 10.1. The molecule has 3 aromatic rings. The standard InChI is InChI=1S/C23H18ClN5O4S/c1-12-6-7-14(9-17(12)24)28-10-13(8-19(28)31)20-26-27-23(34-20)25-18(30)11-29-21(32)15-4-2-3-5-16(15)22(29)33/h2-7,9,13H,8,10-11H2,1H3,(H,25,27,30)/t13-/m1/s1. The minimum Gasteiger partial charge on any atom is -0.312 e. The van der Waals surface area contributed by atoms with Crippen LogP contribution in [0.1, 0.15) is 43.6 Å². The van der Waals surface area contributed by atoms with E-state index in [1.54, 1.807) is 35.2 Å². The molecular weight excluding hydrogens is 478 g/mol. The number of nitrogens with zero attached hydrogens (tertiary/aromatic N) is 4. The molecule has 3 heterocycles. The van der Waals surface area contributed by atoms with Crippen molar-refractivity contribution in [2.45, 2.75) is 19.3 Å². The Morgan fingerprint density at radius 1 is 1.12 bits per heavy atom. The van der Waals surface area contributed by atoms with Crippen LogP contribution in [0.15, 0.2) is 42.5 Å². The summed E-state index contributed by atoms with van der Waals surface area (Å²) >= 11 is 7.37. The molecule has 0 bridgehead atoms. The van der Waals surface area contributed by atoms with Crippen molar-refractivity contribution in [3.8, 4) is 0 Å². The maximum atomic E-state index is 12.6. The maximum Gasteiger partial charge on any atom is 0.262 e. The molecule has 1 N–H and O–H groups in total. The van der Waals surface area contributed by atoms with Crippen LogP contribution >= 0.6 is 22.9 Å². The van der Waals surface area contributed by atoms with Gasteiger partial charge in [-0.25, -0.2) is 0 Å². The van der Waals surface area contributed by atoms with E-state index in [2.05, 4.69) is 15.5 Å². The Hall–Kier alpha value is -3.63. The molecule has 34 heavy (non-hydrogen) atoms. The fourth-order valence-electron chi connectivity index (χ4n) is 4.01. The van der Waals surface area contributed by atoms with E-state index < -0.39 is 24.3 Å². The molecule has 5 rings (SSSR count). The molecule has 0 saturated carbocycles. The molecule has 2 aromatic carbocycles. The Labute approximate surface area is 203 Å². The van der Waals surface area contributed by atoms with Gasteiger partial charge < -0.3 is 4.90 Å². The summed E-state index contributed by atoms with van der Waals surface area (Å²) in [6, 6.07) is 11.9. The number of nitrogens with one attached hydrogen (secondary N) is 1. The highest BCUT2D eigenvalue weighted by Gasteiger charge is 2.37. The number of hydrogen-bond donors (Lipinski definition) is 1. The third kappa shape index (κ3) is 3.95. The summed E-state index contributed by atoms with van der Waals surface area (Å²) in [6.45, 7) is 1.90. The SMILES string of the molecule is Cc1ccc(N2C[C@H](c3nnc(NC(=O)CN4C(=O)c5ccccc5C4=O)s3)CC2=O)cc1Cl. The van der Waals surface area contributed by atoms with Crippen LogP contribution in [0.2, 0.25) is 5.02 Å². The molecule has 0 radical (unpaired) electrons. The summed E-state index contributed by atoms with van der Waals surface area (Å²) in [5.41, 5.74) is 2.22. The summed E-state index contributed by atoms with van der Waals surface area (Å²) in [6.07, 6.45) is 0.267. The second-order valence-corrected chi connectivity index (χ2v) is 9.49. The molecule has 0 spiro atoms. The number of aromatic nitrogens is 2. The Morgan fingerprint density at radius 2 is 1.82 bits per heavy atom. The predicted octanol–water partition coefficient (Wildman–Crippen LogP) is 3.26. The van der Waals surface area contributed by atoms with Crippen molar-refractivity contribution in [2.24, 2.45) is 0 Å². The molecule has 172 valence electrons. The molecule has 1 saturated heterocycles. The van der Waals surface area contributed by atoms with Crippen LogP contribution in [0.3, 0.4) is 0 Å². The fourth-order valence-corrected chi connectivity index (χ4v) is 5.03. The zero-order valence-corrected chi connectivity index (χ0v) is 19.5. The number of benzene rings is 2. The molecule has 4 amide bonds. The van der Waals surface area contributed by atoms with Gasteiger partial charge in [0.25, 0.3) is 11.8 Å². The van der Waals surface area contributed by atoms with Crippen molar-refractivity contribution >= 4 is 57.4 Å². The van der Waals surface area contributed by atoms with E-state index in [-0.39, 0.29) is 34.5 Å². The van der Waals surface area contributed by atoms with Gasteiger partial charge in [-0.3, -0.25) is 29.4 Å². The van der Waals surface area contributed by atoms with Gasteiger partial charge in [0.15, 0.2) is 0 Å². The topological polar surface area (TPSA) is 113 Å². The van der Waals surface area contributed by atoms with E-state index in [0.717, 1.165) is 27.5 Å². The van der Waals surface area contributed by atoms with E-state index in [9.17, 15) is 19.2 Å². The first kappa shape index (κ1) is 22.2. The maximum absolute atomic E-state index is 12.6. The molecule has 9 nitrogen and oxygen atoms in total. The van der Waals surface area contributed by atoms with Crippen LogP contribution in [0.5, 0.6) is 0 Å². The molecule has 2 aliphatic heterocycles. The lowest BCUT2D eigenvalue weighted by molar-refractivity contribution is -0.117. The van der Waals surface area contributed by atoms with Gasteiger partial charge in [0, 0.05) is 29.6 Å².